The SMILES string of the molecule is CCc1nc2c(F)cc(C(C)(C)C)cn2c(=O)c1OC. The van der Waals surface area contributed by atoms with Crippen LogP contribution in [0.2, 0.25) is 0 Å². The van der Waals surface area contributed by atoms with Gasteiger partial charge in [0.05, 0.1) is 12.8 Å². The van der Waals surface area contributed by atoms with Gasteiger partial charge >= 0.3 is 5.56 Å². The zero-order valence-electron chi connectivity index (χ0n) is 12.5. The van der Waals surface area contributed by atoms with Gasteiger partial charge in [-0.2, -0.15) is 0 Å². The maximum absolute atomic E-state index is 14.2. The molecular formula is C15H19FN2O2. The fourth-order valence-corrected chi connectivity index (χ4v) is 2.08. The molecule has 2 rings (SSSR count). The zero-order chi connectivity index (χ0) is 15.1. The molecule has 0 radical (unpaired) electrons. The Morgan fingerprint density at radius 3 is 2.55 bits per heavy atom. The van der Waals surface area contributed by atoms with Gasteiger partial charge in [0.1, 0.15) is 0 Å². The van der Waals surface area contributed by atoms with Crippen LogP contribution in [0, 0.1) is 5.82 Å². The highest BCUT2D eigenvalue weighted by Gasteiger charge is 2.20. The van der Waals surface area contributed by atoms with Gasteiger partial charge in [0, 0.05) is 6.20 Å². The molecule has 2 aromatic rings. The minimum absolute atomic E-state index is 0.0423. The number of rotatable bonds is 2. The fraction of sp³-hybridized carbons (Fsp3) is 0.467. The lowest BCUT2D eigenvalue weighted by molar-refractivity contribution is 0.399. The van der Waals surface area contributed by atoms with Gasteiger partial charge in [0.25, 0.3) is 0 Å². The van der Waals surface area contributed by atoms with Crippen molar-refractivity contribution in [3.05, 3.63) is 39.7 Å². The molecule has 2 heterocycles. The molecule has 0 aliphatic heterocycles. The summed E-state index contributed by atoms with van der Waals surface area (Å²) in [6, 6.07) is 1.44. The summed E-state index contributed by atoms with van der Waals surface area (Å²) in [7, 11) is 1.42. The van der Waals surface area contributed by atoms with E-state index in [0.29, 0.717) is 12.1 Å². The van der Waals surface area contributed by atoms with E-state index < -0.39 is 5.82 Å². The molecule has 0 saturated carbocycles. The van der Waals surface area contributed by atoms with Gasteiger partial charge in [-0.05, 0) is 23.5 Å². The average molecular weight is 278 g/mol. The minimum atomic E-state index is -0.494. The molecule has 0 unspecified atom stereocenters. The van der Waals surface area contributed by atoms with E-state index in [1.165, 1.54) is 17.6 Å². The molecule has 0 fully saturated rings. The van der Waals surface area contributed by atoms with Gasteiger partial charge < -0.3 is 4.74 Å². The van der Waals surface area contributed by atoms with Crippen molar-refractivity contribution in [1.82, 2.24) is 9.38 Å². The summed E-state index contributed by atoms with van der Waals surface area (Å²) in [5, 5.41) is 0. The summed E-state index contributed by atoms with van der Waals surface area (Å²) in [5.41, 5.74) is 0.614. The second kappa shape index (κ2) is 4.89. The Labute approximate surface area is 117 Å². The first-order chi connectivity index (χ1) is 9.29. The highest BCUT2D eigenvalue weighted by molar-refractivity contribution is 5.46. The van der Waals surface area contributed by atoms with Crippen LogP contribution in [-0.2, 0) is 11.8 Å². The number of hydrogen-bond acceptors (Lipinski definition) is 3. The van der Waals surface area contributed by atoms with Crippen molar-refractivity contribution in [2.45, 2.75) is 39.5 Å². The third-order valence-electron chi connectivity index (χ3n) is 3.31. The van der Waals surface area contributed by atoms with Crippen LogP contribution in [0.3, 0.4) is 0 Å². The highest BCUT2D eigenvalue weighted by Crippen LogP contribution is 2.24. The summed E-state index contributed by atoms with van der Waals surface area (Å²) in [4.78, 5) is 16.6. The molecule has 0 aliphatic rings. The van der Waals surface area contributed by atoms with Crippen LogP contribution in [-0.4, -0.2) is 16.5 Å². The molecule has 0 aliphatic carbocycles. The van der Waals surface area contributed by atoms with Gasteiger partial charge in [-0.15, -0.1) is 0 Å². The predicted molar refractivity (Wildman–Crippen MR) is 76.1 cm³/mol. The van der Waals surface area contributed by atoms with Crippen molar-refractivity contribution in [2.24, 2.45) is 0 Å². The molecule has 20 heavy (non-hydrogen) atoms. The van der Waals surface area contributed by atoms with Gasteiger partial charge in [-0.25, -0.2) is 9.37 Å². The van der Waals surface area contributed by atoms with Crippen LogP contribution in [0.4, 0.5) is 4.39 Å². The number of nitrogens with zero attached hydrogens (tertiary/aromatic N) is 2. The lowest BCUT2D eigenvalue weighted by Crippen LogP contribution is -2.23. The van der Waals surface area contributed by atoms with Gasteiger partial charge in [0.15, 0.2) is 11.5 Å². The van der Waals surface area contributed by atoms with E-state index in [-0.39, 0.29) is 22.4 Å². The molecule has 0 N–H and O–H groups in total. The van der Waals surface area contributed by atoms with Crippen molar-refractivity contribution >= 4 is 5.65 Å². The molecule has 4 nitrogen and oxygen atoms in total. The molecule has 108 valence electrons. The first-order valence-corrected chi connectivity index (χ1v) is 6.58. The molecular weight excluding hydrogens is 259 g/mol. The normalized spacial score (nSPS) is 11.9. The smallest absolute Gasteiger partial charge is 0.300 e. The van der Waals surface area contributed by atoms with E-state index in [9.17, 15) is 9.18 Å². The Hall–Kier alpha value is -1.91. The number of pyridine rings is 1. The van der Waals surface area contributed by atoms with Crippen LogP contribution in [0.25, 0.3) is 5.65 Å². The standard InChI is InChI=1S/C15H19FN2O2/c1-6-11-12(20-5)14(19)18-8-9(15(2,3)4)7-10(16)13(18)17-11/h7-8H,6H2,1-5H3. The van der Waals surface area contributed by atoms with Crippen molar-refractivity contribution in [2.75, 3.05) is 7.11 Å². The summed E-state index contributed by atoms with van der Waals surface area (Å²) < 4.78 is 20.6. The summed E-state index contributed by atoms with van der Waals surface area (Å²) in [6.45, 7) is 7.74. The number of fused-ring (bicyclic) bond motifs is 1. The largest absolute Gasteiger partial charge is 0.490 e. The first-order valence-electron chi connectivity index (χ1n) is 6.58. The van der Waals surface area contributed by atoms with Crippen molar-refractivity contribution in [1.29, 1.82) is 0 Å². The van der Waals surface area contributed by atoms with Crippen molar-refractivity contribution in [3.8, 4) is 5.75 Å². The number of aryl methyl sites for hydroxylation is 1. The molecule has 0 aromatic carbocycles. The van der Waals surface area contributed by atoms with Crippen LogP contribution in [0.1, 0.15) is 39.0 Å². The quantitative estimate of drug-likeness (QED) is 0.848. The Morgan fingerprint density at radius 2 is 2.05 bits per heavy atom. The third kappa shape index (κ3) is 2.28. The summed E-state index contributed by atoms with van der Waals surface area (Å²) >= 11 is 0. The van der Waals surface area contributed by atoms with E-state index >= 15 is 0 Å². The Morgan fingerprint density at radius 1 is 1.40 bits per heavy atom. The second-order valence-electron chi connectivity index (χ2n) is 5.77. The lowest BCUT2D eigenvalue weighted by Gasteiger charge is -2.20. The topological polar surface area (TPSA) is 43.6 Å². The number of hydrogen-bond donors (Lipinski definition) is 0. The van der Waals surface area contributed by atoms with Crippen LogP contribution < -0.4 is 10.3 Å². The maximum atomic E-state index is 14.2. The number of methoxy groups -OCH3 is 1. The van der Waals surface area contributed by atoms with Crippen molar-refractivity contribution < 1.29 is 9.13 Å². The molecule has 0 spiro atoms. The first kappa shape index (κ1) is 14.5. The predicted octanol–water partition coefficient (Wildman–Crippen LogP) is 2.70. The van der Waals surface area contributed by atoms with Gasteiger partial charge in [-0.3, -0.25) is 9.20 Å². The van der Waals surface area contributed by atoms with E-state index in [1.807, 2.05) is 27.7 Å². The summed E-state index contributed by atoms with van der Waals surface area (Å²) in [6.07, 6.45) is 2.14. The second-order valence-corrected chi connectivity index (χ2v) is 5.77. The molecule has 0 amide bonds. The molecule has 0 atom stereocenters. The maximum Gasteiger partial charge on any atom is 0.300 e. The number of halogens is 1. The van der Waals surface area contributed by atoms with E-state index in [0.717, 1.165) is 5.56 Å². The Kier molecular flexibility index (Phi) is 3.54. The van der Waals surface area contributed by atoms with Gasteiger partial charge in [0.2, 0.25) is 5.75 Å². The fourth-order valence-electron chi connectivity index (χ4n) is 2.08. The average Bonchev–Trinajstić information content (AvgIpc) is 2.37. The number of ether oxygens (including phenoxy) is 1. The van der Waals surface area contributed by atoms with E-state index in [1.54, 1.807) is 6.20 Å². The van der Waals surface area contributed by atoms with Crippen LogP contribution >= 0.6 is 0 Å². The summed E-state index contributed by atoms with van der Waals surface area (Å²) in [5.74, 6) is -0.317. The third-order valence-corrected chi connectivity index (χ3v) is 3.31. The van der Waals surface area contributed by atoms with E-state index in [4.69, 9.17) is 4.74 Å². The number of aromatic nitrogens is 2. The molecule has 5 heteroatoms. The Balaban J connectivity index is 2.90. The van der Waals surface area contributed by atoms with Crippen LogP contribution in [0.5, 0.6) is 5.75 Å². The molecule has 0 saturated heterocycles. The molecule has 2 aromatic heterocycles. The highest BCUT2D eigenvalue weighted by atomic mass is 19.1. The zero-order valence-corrected chi connectivity index (χ0v) is 12.5. The van der Waals surface area contributed by atoms with Crippen molar-refractivity contribution in [3.63, 3.8) is 0 Å². The van der Waals surface area contributed by atoms with Gasteiger partial charge in [-0.1, -0.05) is 27.7 Å². The monoisotopic (exact) mass is 278 g/mol. The van der Waals surface area contributed by atoms with E-state index in [2.05, 4.69) is 4.98 Å². The van der Waals surface area contributed by atoms with Crippen LogP contribution in [0.15, 0.2) is 17.1 Å². The Bertz CT molecular complexity index is 714. The molecule has 0 bridgehead atoms. The minimum Gasteiger partial charge on any atom is -0.490 e. The lowest BCUT2D eigenvalue weighted by atomic mass is 9.88.